The molecule has 1 amide bonds. The minimum atomic E-state index is 0.0247. The molecule has 1 N–H and O–H groups in total. The summed E-state index contributed by atoms with van der Waals surface area (Å²) in [5.41, 5.74) is 1.68. The molecule has 0 unspecified atom stereocenters. The van der Waals surface area contributed by atoms with Crippen molar-refractivity contribution >= 4 is 5.91 Å². The number of benzene rings is 1. The Hall–Kier alpha value is -3.49. The van der Waals surface area contributed by atoms with Gasteiger partial charge in [0.25, 0.3) is 0 Å². The molecule has 0 aliphatic rings. The van der Waals surface area contributed by atoms with Crippen LogP contribution in [0.4, 0.5) is 0 Å². The van der Waals surface area contributed by atoms with Crippen molar-refractivity contribution in [1.29, 1.82) is 0 Å². The monoisotopic (exact) mass is 399 g/mol. The molecule has 9 heteroatoms. The van der Waals surface area contributed by atoms with E-state index in [4.69, 9.17) is 14.2 Å². The fraction of sp³-hybridized carbons (Fsp3) is 0.350. The van der Waals surface area contributed by atoms with Crippen LogP contribution < -0.4 is 19.5 Å². The maximum absolute atomic E-state index is 11.4. The largest absolute Gasteiger partial charge is 0.493 e. The summed E-state index contributed by atoms with van der Waals surface area (Å²) in [4.78, 5) is 15.9. The van der Waals surface area contributed by atoms with E-state index in [0.717, 1.165) is 11.3 Å². The quantitative estimate of drug-likeness (QED) is 0.594. The summed E-state index contributed by atoms with van der Waals surface area (Å²) in [6.07, 6.45) is 8.46. The highest BCUT2D eigenvalue weighted by Gasteiger charge is 2.17. The summed E-state index contributed by atoms with van der Waals surface area (Å²) in [5.74, 6) is 2.38. The van der Waals surface area contributed by atoms with Crippen LogP contribution in [0.5, 0.6) is 17.2 Å². The summed E-state index contributed by atoms with van der Waals surface area (Å²) in [6, 6.07) is 3.71. The third-order valence-electron chi connectivity index (χ3n) is 4.53. The number of carbonyl (C=O) groups excluding carboxylic acids is 1. The van der Waals surface area contributed by atoms with Crippen LogP contribution >= 0.6 is 0 Å². The minimum absolute atomic E-state index is 0.0247. The molecule has 0 aliphatic carbocycles. The van der Waals surface area contributed by atoms with Gasteiger partial charge in [0.05, 0.1) is 33.2 Å². The highest BCUT2D eigenvalue weighted by molar-refractivity contribution is 5.75. The number of rotatable bonds is 9. The van der Waals surface area contributed by atoms with E-state index in [0.29, 0.717) is 42.5 Å². The average molecular weight is 399 g/mol. The van der Waals surface area contributed by atoms with E-state index in [2.05, 4.69) is 15.4 Å². The van der Waals surface area contributed by atoms with Gasteiger partial charge in [-0.05, 0) is 18.6 Å². The number of imidazole rings is 1. The van der Waals surface area contributed by atoms with E-state index in [1.807, 2.05) is 33.8 Å². The van der Waals surface area contributed by atoms with Gasteiger partial charge >= 0.3 is 0 Å². The standard InChI is InChI=1S/C20H25N5O4/c1-21-18(26)6-5-8-24-13-15(12-23-24)25-9-7-22-20(25)14-10-16(27-2)19(29-4)17(11-14)28-3/h7,9-13H,5-6,8H2,1-4H3,(H,21,26). The topological polar surface area (TPSA) is 92.4 Å². The smallest absolute Gasteiger partial charge is 0.219 e. The molecule has 3 rings (SSSR count). The van der Waals surface area contributed by atoms with Crippen LogP contribution in [0, 0.1) is 0 Å². The first-order chi connectivity index (χ1) is 14.1. The number of aryl methyl sites for hydroxylation is 1. The lowest BCUT2D eigenvalue weighted by atomic mass is 10.1. The fourth-order valence-corrected chi connectivity index (χ4v) is 3.06. The van der Waals surface area contributed by atoms with Gasteiger partial charge in [-0.1, -0.05) is 0 Å². The van der Waals surface area contributed by atoms with Gasteiger partial charge < -0.3 is 19.5 Å². The predicted octanol–water partition coefficient (Wildman–Crippen LogP) is 2.29. The fourth-order valence-electron chi connectivity index (χ4n) is 3.06. The van der Waals surface area contributed by atoms with Gasteiger partial charge in [0, 0.05) is 44.2 Å². The normalized spacial score (nSPS) is 10.6. The molecule has 9 nitrogen and oxygen atoms in total. The number of nitrogens with one attached hydrogen (secondary N) is 1. The Morgan fingerprint density at radius 1 is 1.14 bits per heavy atom. The molecule has 0 bridgehead atoms. The van der Waals surface area contributed by atoms with Crippen LogP contribution in [0.2, 0.25) is 0 Å². The lowest BCUT2D eigenvalue weighted by molar-refractivity contribution is -0.120. The van der Waals surface area contributed by atoms with E-state index in [9.17, 15) is 4.79 Å². The molecule has 0 fully saturated rings. The second-order valence-electron chi connectivity index (χ2n) is 6.27. The van der Waals surface area contributed by atoms with Crippen LogP contribution in [-0.2, 0) is 11.3 Å². The van der Waals surface area contributed by atoms with Crippen molar-refractivity contribution in [3.05, 3.63) is 36.9 Å². The van der Waals surface area contributed by atoms with Gasteiger partial charge in [-0.2, -0.15) is 5.10 Å². The Balaban J connectivity index is 1.88. The molecule has 2 heterocycles. The van der Waals surface area contributed by atoms with E-state index in [1.165, 1.54) is 0 Å². The zero-order valence-electron chi connectivity index (χ0n) is 17.0. The molecular formula is C20H25N5O4. The zero-order valence-corrected chi connectivity index (χ0v) is 17.0. The minimum Gasteiger partial charge on any atom is -0.493 e. The van der Waals surface area contributed by atoms with E-state index in [-0.39, 0.29) is 5.91 Å². The van der Waals surface area contributed by atoms with Crippen LogP contribution in [0.15, 0.2) is 36.9 Å². The van der Waals surface area contributed by atoms with Gasteiger partial charge in [-0.15, -0.1) is 0 Å². The number of hydrogen-bond donors (Lipinski definition) is 1. The molecule has 1 aromatic carbocycles. The SMILES string of the molecule is CNC(=O)CCCn1cc(-n2ccnc2-c2cc(OC)c(OC)c(OC)c2)cn1. The highest BCUT2D eigenvalue weighted by Crippen LogP contribution is 2.41. The van der Waals surface area contributed by atoms with E-state index in [1.54, 1.807) is 40.8 Å². The number of aromatic nitrogens is 4. The number of amides is 1. The summed E-state index contributed by atoms with van der Waals surface area (Å²) >= 11 is 0. The molecule has 0 saturated carbocycles. The van der Waals surface area contributed by atoms with Crippen LogP contribution in [0.3, 0.4) is 0 Å². The van der Waals surface area contributed by atoms with Crippen molar-refractivity contribution in [3.8, 4) is 34.3 Å². The number of nitrogens with zero attached hydrogens (tertiary/aromatic N) is 4. The van der Waals surface area contributed by atoms with Crippen LogP contribution in [-0.4, -0.2) is 53.6 Å². The second-order valence-corrected chi connectivity index (χ2v) is 6.27. The average Bonchev–Trinajstić information content (AvgIpc) is 3.41. The molecular weight excluding hydrogens is 374 g/mol. The molecule has 0 atom stereocenters. The molecule has 3 aromatic rings. The van der Waals surface area contributed by atoms with Crippen molar-refractivity contribution in [2.45, 2.75) is 19.4 Å². The highest BCUT2D eigenvalue weighted by atomic mass is 16.5. The summed E-state index contributed by atoms with van der Waals surface area (Å²) in [5, 5.41) is 7.01. The summed E-state index contributed by atoms with van der Waals surface area (Å²) < 4.78 is 20.0. The maximum atomic E-state index is 11.4. The van der Waals surface area contributed by atoms with Crippen molar-refractivity contribution in [2.24, 2.45) is 0 Å². The first kappa shape index (κ1) is 20.2. The van der Waals surface area contributed by atoms with Gasteiger partial charge in [0.1, 0.15) is 5.82 Å². The van der Waals surface area contributed by atoms with Crippen molar-refractivity contribution in [3.63, 3.8) is 0 Å². The first-order valence-corrected chi connectivity index (χ1v) is 9.18. The molecule has 2 aromatic heterocycles. The van der Waals surface area contributed by atoms with Crippen LogP contribution in [0.1, 0.15) is 12.8 Å². The van der Waals surface area contributed by atoms with Gasteiger partial charge in [-0.3, -0.25) is 14.0 Å². The van der Waals surface area contributed by atoms with E-state index >= 15 is 0 Å². The van der Waals surface area contributed by atoms with Crippen LogP contribution in [0.25, 0.3) is 17.1 Å². The molecule has 154 valence electrons. The first-order valence-electron chi connectivity index (χ1n) is 9.18. The Bertz CT molecular complexity index is 954. The number of ether oxygens (including phenoxy) is 3. The third kappa shape index (κ3) is 4.34. The number of hydrogen-bond acceptors (Lipinski definition) is 6. The molecule has 0 radical (unpaired) electrons. The predicted molar refractivity (Wildman–Crippen MR) is 108 cm³/mol. The number of carbonyl (C=O) groups is 1. The summed E-state index contributed by atoms with van der Waals surface area (Å²) in [7, 11) is 6.37. The van der Waals surface area contributed by atoms with Crippen molar-refractivity contribution in [2.75, 3.05) is 28.4 Å². The zero-order chi connectivity index (χ0) is 20.8. The van der Waals surface area contributed by atoms with Crippen molar-refractivity contribution < 1.29 is 19.0 Å². The van der Waals surface area contributed by atoms with Gasteiger partial charge in [0.15, 0.2) is 11.5 Å². The Morgan fingerprint density at radius 3 is 2.48 bits per heavy atom. The lowest BCUT2D eigenvalue weighted by Gasteiger charge is -2.14. The Morgan fingerprint density at radius 2 is 1.86 bits per heavy atom. The molecule has 0 spiro atoms. The van der Waals surface area contributed by atoms with Gasteiger partial charge in [-0.25, -0.2) is 4.98 Å². The molecule has 0 saturated heterocycles. The number of methoxy groups -OCH3 is 3. The Labute approximate surface area is 169 Å². The lowest BCUT2D eigenvalue weighted by Crippen LogP contribution is -2.17. The maximum Gasteiger partial charge on any atom is 0.219 e. The van der Waals surface area contributed by atoms with Gasteiger partial charge in [0.2, 0.25) is 11.7 Å². The summed E-state index contributed by atoms with van der Waals surface area (Å²) in [6.45, 7) is 0.654. The third-order valence-corrected chi connectivity index (χ3v) is 4.53. The molecule has 29 heavy (non-hydrogen) atoms. The molecule has 0 aliphatic heterocycles. The van der Waals surface area contributed by atoms with Crippen molar-refractivity contribution in [1.82, 2.24) is 24.6 Å². The Kier molecular flexibility index (Phi) is 6.38. The second kappa shape index (κ2) is 9.13. The van der Waals surface area contributed by atoms with E-state index < -0.39 is 0 Å².